The Morgan fingerprint density at radius 2 is 2.16 bits per heavy atom. The maximum atomic E-state index is 8.75. The molecule has 1 aromatic carbocycles. The fourth-order valence-corrected chi connectivity index (χ4v) is 1.69. The summed E-state index contributed by atoms with van der Waals surface area (Å²) in [6, 6.07) is 7.88. The topological polar surface area (TPSA) is 71.1 Å². The van der Waals surface area contributed by atoms with Gasteiger partial charge in [-0.2, -0.15) is 0 Å². The Labute approximate surface area is 114 Å². The molecule has 0 spiro atoms. The van der Waals surface area contributed by atoms with Gasteiger partial charge in [0.2, 0.25) is 0 Å². The summed E-state index contributed by atoms with van der Waals surface area (Å²) >= 11 is 0. The second-order valence-electron chi connectivity index (χ2n) is 5.24. The van der Waals surface area contributed by atoms with E-state index in [0.29, 0.717) is 0 Å². The number of oxime groups is 1. The van der Waals surface area contributed by atoms with Crippen molar-refractivity contribution < 1.29 is 9.94 Å². The first kappa shape index (κ1) is 15.1. The molecular formula is C14H23N3O2. The number of methoxy groups -OCH3 is 1. The van der Waals surface area contributed by atoms with Crippen LogP contribution >= 0.6 is 0 Å². The third-order valence-electron chi connectivity index (χ3n) is 3.37. The fourth-order valence-electron chi connectivity index (χ4n) is 1.69. The molecule has 19 heavy (non-hydrogen) atoms. The summed E-state index contributed by atoms with van der Waals surface area (Å²) in [7, 11) is 3.66. The largest absolute Gasteiger partial charge is 0.497 e. The molecule has 5 heteroatoms. The van der Waals surface area contributed by atoms with Crippen LogP contribution in [0, 0.1) is 5.41 Å². The smallest absolute Gasteiger partial charge is 0.144 e. The average Bonchev–Trinajstić information content (AvgIpc) is 2.43. The number of nitrogens with two attached hydrogens (primary N) is 1. The summed E-state index contributed by atoms with van der Waals surface area (Å²) < 4.78 is 5.21. The van der Waals surface area contributed by atoms with Crippen molar-refractivity contribution in [2.75, 3.05) is 25.6 Å². The van der Waals surface area contributed by atoms with E-state index in [2.05, 4.69) is 10.1 Å². The molecule has 0 aliphatic carbocycles. The van der Waals surface area contributed by atoms with Gasteiger partial charge in [0.25, 0.3) is 0 Å². The van der Waals surface area contributed by atoms with Gasteiger partial charge in [0.15, 0.2) is 0 Å². The van der Waals surface area contributed by atoms with Crippen molar-refractivity contribution in [3.8, 4) is 5.75 Å². The fraction of sp³-hybridized carbons (Fsp3) is 0.500. The molecule has 0 unspecified atom stereocenters. The molecule has 106 valence electrons. The van der Waals surface area contributed by atoms with Crippen LogP contribution in [0.3, 0.4) is 0 Å². The summed E-state index contributed by atoms with van der Waals surface area (Å²) in [5, 5.41) is 11.8. The third-order valence-corrected chi connectivity index (χ3v) is 3.37. The summed E-state index contributed by atoms with van der Waals surface area (Å²) in [4.78, 5) is 2.12. The van der Waals surface area contributed by atoms with Gasteiger partial charge < -0.3 is 20.6 Å². The van der Waals surface area contributed by atoms with Crippen molar-refractivity contribution >= 4 is 11.5 Å². The van der Waals surface area contributed by atoms with Crippen LogP contribution in [0.2, 0.25) is 0 Å². The minimum Gasteiger partial charge on any atom is -0.497 e. The van der Waals surface area contributed by atoms with E-state index in [1.807, 2.05) is 45.2 Å². The number of hydrogen-bond acceptors (Lipinski definition) is 4. The molecule has 1 aromatic rings. The van der Waals surface area contributed by atoms with E-state index in [1.165, 1.54) is 0 Å². The van der Waals surface area contributed by atoms with Gasteiger partial charge in [0.1, 0.15) is 11.6 Å². The van der Waals surface area contributed by atoms with Crippen molar-refractivity contribution in [2.45, 2.75) is 20.3 Å². The van der Waals surface area contributed by atoms with Gasteiger partial charge >= 0.3 is 0 Å². The Balaban J connectivity index is 2.67. The molecular weight excluding hydrogens is 242 g/mol. The highest BCUT2D eigenvalue weighted by Gasteiger charge is 2.23. The van der Waals surface area contributed by atoms with Crippen LogP contribution in [0.5, 0.6) is 5.75 Å². The van der Waals surface area contributed by atoms with Crippen LogP contribution in [0.15, 0.2) is 29.4 Å². The number of amidine groups is 1. The van der Waals surface area contributed by atoms with Crippen LogP contribution in [-0.4, -0.2) is 31.7 Å². The zero-order valence-electron chi connectivity index (χ0n) is 12.1. The van der Waals surface area contributed by atoms with Gasteiger partial charge in [-0.25, -0.2) is 0 Å². The molecule has 5 nitrogen and oxygen atoms in total. The normalized spacial score (nSPS) is 12.3. The molecule has 0 saturated heterocycles. The lowest BCUT2D eigenvalue weighted by Gasteiger charge is -2.27. The molecule has 0 aromatic heterocycles. The van der Waals surface area contributed by atoms with Gasteiger partial charge in [-0.1, -0.05) is 25.1 Å². The van der Waals surface area contributed by atoms with E-state index < -0.39 is 0 Å². The van der Waals surface area contributed by atoms with Crippen LogP contribution in [-0.2, 0) is 0 Å². The maximum absolute atomic E-state index is 8.75. The lowest BCUT2D eigenvalue weighted by Crippen LogP contribution is -2.35. The highest BCUT2D eigenvalue weighted by Crippen LogP contribution is 2.24. The molecule has 0 aliphatic heterocycles. The molecule has 3 N–H and O–H groups in total. The lowest BCUT2D eigenvalue weighted by atomic mass is 9.88. The van der Waals surface area contributed by atoms with E-state index in [0.717, 1.165) is 24.4 Å². The van der Waals surface area contributed by atoms with Crippen molar-refractivity contribution in [1.82, 2.24) is 0 Å². The van der Waals surface area contributed by atoms with Crippen LogP contribution in [0.4, 0.5) is 5.69 Å². The number of benzene rings is 1. The van der Waals surface area contributed by atoms with Gasteiger partial charge in [-0.15, -0.1) is 0 Å². The van der Waals surface area contributed by atoms with E-state index in [1.54, 1.807) is 7.11 Å². The number of hydrogen-bond donors (Lipinski definition) is 2. The zero-order valence-corrected chi connectivity index (χ0v) is 12.1. The van der Waals surface area contributed by atoms with E-state index >= 15 is 0 Å². The average molecular weight is 265 g/mol. The van der Waals surface area contributed by atoms with E-state index in [4.69, 9.17) is 15.7 Å². The Bertz CT molecular complexity index is 444. The molecule has 0 aliphatic rings. The SMILES string of the molecule is COc1cccc(N(C)CCC(C)(C)C(N)=NO)c1. The number of nitrogens with zero attached hydrogens (tertiary/aromatic N) is 2. The summed E-state index contributed by atoms with van der Waals surface area (Å²) in [6.07, 6.45) is 0.788. The molecule has 0 radical (unpaired) electrons. The van der Waals surface area contributed by atoms with E-state index in [-0.39, 0.29) is 11.3 Å². The predicted octanol–water partition coefficient (Wildman–Crippen LogP) is 2.29. The molecule has 0 bridgehead atoms. The first-order valence-electron chi connectivity index (χ1n) is 6.24. The molecule has 0 heterocycles. The van der Waals surface area contributed by atoms with Gasteiger partial charge in [0, 0.05) is 30.8 Å². The zero-order chi connectivity index (χ0) is 14.5. The van der Waals surface area contributed by atoms with Crippen molar-refractivity contribution in [3.05, 3.63) is 24.3 Å². The number of ether oxygens (including phenoxy) is 1. The quantitative estimate of drug-likeness (QED) is 0.358. The highest BCUT2D eigenvalue weighted by molar-refractivity contribution is 5.85. The standard InChI is InChI=1S/C14H23N3O2/c1-14(2,13(15)16-18)8-9-17(3)11-6-5-7-12(10-11)19-4/h5-7,10,18H,8-9H2,1-4H3,(H2,15,16). The van der Waals surface area contributed by atoms with Crippen LogP contribution < -0.4 is 15.4 Å². The minimum absolute atomic E-state index is 0.256. The first-order valence-corrected chi connectivity index (χ1v) is 6.24. The Hall–Kier alpha value is -1.91. The van der Waals surface area contributed by atoms with Crippen molar-refractivity contribution in [2.24, 2.45) is 16.3 Å². The van der Waals surface area contributed by atoms with Crippen molar-refractivity contribution in [1.29, 1.82) is 0 Å². The minimum atomic E-state index is -0.331. The third kappa shape index (κ3) is 4.05. The molecule has 0 amide bonds. The Morgan fingerprint density at radius 3 is 2.74 bits per heavy atom. The monoisotopic (exact) mass is 265 g/mol. The van der Waals surface area contributed by atoms with Gasteiger partial charge in [-0.05, 0) is 18.6 Å². The van der Waals surface area contributed by atoms with Crippen LogP contribution in [0.1, 0.15) is 20.3 Å². The Morgan fingerprint density at radius 1 is 1.47 bits per heavy atom. The van der Waals surface area contributed by atoms with E-state index in [9.17, 15) is 0 Å². The van der Waals surface area contributed by atoms with Crippen molar-refractivity contribution in [3.63, 3.8) is 0 Å². The predicted molar refractivity (Wildman–Crippen MR) is 78.1 cm³/mol. The maximum Gasteiger partial charge on any atom is 0.144 e. The summed E-state index contributed by atoms with van der Waals surface area (Å²) in [5.41, 5.74) is 6.43. The highest BCUT2D eigenvalue weighted by atomic mass is 16.5. The van der Waals surface area contributed by atoms with Crippen LogP contribution in [0.25, 0.3) is 0 Å². The lowest BCUT2D eigenvalue weighted by molar-refractivity contribution is 0.306. The molecule has 0 atom stereocenters. The molecule has 0 saturated carbocycles. The first-order chi connectivity index (χ1) is 8.90. The summed E-state index contributed by atoms with van der Waals surface area (Å²) in [6.45, 7) is 4.72. The Kier molecular flexibility index (Phi) is 5.03. The van der Waals surface area contributed by atoms with Gasteiger partial charge in [-0.3, -0.25) is 0 Å². The molecule has 0 fully saturated rings. The second kappa shape index (κ2) is 6.31. The number of rotatable bonds is 6. The number of anilines is 1. The van der Waals surface area contributed by atoms with Gasteiger partial charge in [0.05, 0.1) is 7.11 Å². The summed E-state index contributed by atoms with van der Waals surface area (Å²) in [5.74, 6) is 1.09. The molecule has 1 rings (SSSR count). The second-order valence-corrected chi connectivity index (χ2v) is 5.24.